The molecule has 0 saturated heterocycles. The minimum Gasteiger partial charge on any atom is -0.276 e. The number of aryl methyl sites for hydroxylation is 1. The lowest BCUT2D eigenvalue weighted by molar-refractivity contribution is 0.869. The summed E-state index contributed by atoms with van der Waals surface area (Å²) in [5.41, 5.74) is 4.99. The molecule has 146 valence electrons. The average Bonchev–Trinajstić information content (AvgIpc) is 3.22. The second-order valence-corrected chi connectivity index (χ2v) is 8.33. The minimum absolute atomic E-state index is 0.469. The quantitative estimate of drug-likeness (QED) is 0.410. The van der Waals surface area contributed by atoms with Crippen molar-refractivity contribution in [2.45, 2.75) is 20.4 Å². The topological polar surface area (TPSA) is 56.0 Å². The van der Waals surface area contributed by atoms with Gasteiger partial charge in [0, 0.05) is 34.1 Å². The number of fused-ring (bicyclic) bond motifs is 3. The Morgan fingerprint density at radius 2 is 1.90 bits per heavy atom. The molecule has 0 unspecified atom stereocenters. The number of benzene rings is 1. The molecular weight excluding hydrogens is 414 g/mol. The molecule has 0 radical (unpaired) electrons. The van der Waals surface area contributed by atoms with Gasteiger partial charge in [0.1, 0.15) is 17.4 Å². The molecule has 1 aliphatic heterocycles. The predicted octanol–water partition coefficient (Wildman–Crippen LogP) is 4.74. The van der Waals surface area contributed by atoms with E-state index in [9.17, 15) is 0 Å². The van der Waals surface area contributed by atoms with E-state index in [-0.39, 0.29) is 0 Å². The van der Waals surface area contributed by atoms with Crippen LogP contribution in [0.2, 0.25) is 5.02 Å². The fourth-order valence-corrected chi connectivity index (χ4v) is 4.82. The summed E-state index contributed by atoms with van der Waals surface area (Å²) in [7, 11) is 0. The molecule has 4 heterocycles. The summed E-state index contributed by atoms with van der Waals surface area (Å²) in [6.45, 7) is 4.53. The highest BCUT2D eigenvalue weighted by Crippen LogP contribution is 2.36. The lowest BCUT2D eigenvalue weighted by Gasteiger charge is -2.09. The highest BCUT2D eigenvalue weighted by atomic mass is 35.5. The van der Waals surface area contributed by atoms with Gasteiger partial charge in [0.25, 0.3) is 0 Å². The Labute approximate surface area is 183 Å². The first-order chi connectivity index (χ1) is 14.6. The molecule has 4 aromatic rings. The van der Waals surface area contributed by atoms with Crippen LogP contribution in [0.5, 0.6) is 0 Å². The molecule has 0 atom stereocenters. The summed E-state index contributed by atoms with van der Waals surface area (Å²) >= 11 is 7.75. The molecule has 7 heteroatoms. The summed E-state index contributed by atoms with van der Waals surface area (Å²) in [4.78, 5) is 10.0. The number of pyridine rings is 1. The number of hydrogen-bond donors (Lipinski definition) is 0. The van der Waals surface area contributed by atoms with E-state index in [0.717, 1.165) is 49.5 Å². The number of nitrogens with zero attached hydrogens (tertiary/aromatic N) is 5. The molecule has 1 aliphatic rings. The molecule has 0 bridgehead atoms. The van der Waals surface area contributed by atoms with Crippen LogP contribution in [-0.2, 0) is 6.54 Å². The van der Waals surface area contributed by atoms with Gasteiger partial charge in [-0.05, 0) is 43.7 Å². The van der Waals surface area contributed by atoms with Crippen LogP contribution in [0.15, 0.2) is 53.8 Å². The maximum Gasteiger partial charge on any atom is 0.160 e. The molecule has 0 N–H and O–H groups in total. The predicted molar refractivity (Wildman–Crippen MR) is 120 cm³/mol. The molecule has 5 rings (SSSR count). The smallest absolute Gasteiger partial charge is 0.160 e. The van der Waals surface area contributed by atoms with Crippen molar-refractivity contribution in [1.82, 2.24) is 19.7 Å². The summed E-state index contributed by atoms with van der Waals surface area (Å²) in [6.07, 6.45) is 3.51. The zero-order valence-corrected chi connectivity index (χ0v) is 17.9. The van der Waals surface area contributed by atoms with Crippen LogP contribution in [0.4, 0.5) is 0 Å². The Balaban J connectivity index is 1.71. The highest BCUT2D eigenvalue weighted by Gasteiger charge is 2.27. The second-order valence-electron chi connectivity index (χ2n) is 6.90. The summed E-state index contributed by atoms with van der Waals surface area (Å²) in [5, 5.41) is 10.4. The average molecular weight is 430 g/mol. The summed E-state index contributed by atoms with van der Waals surface area (Å²) < 4.78 is 2.09. The first-order valence-electron chi connectivity index (χ1n) is 9.39. The molecule has 0 spiro atoms. The lowest BCUT2D eigenvalue weighted by atomic mass is 10.00. The van der Waals surface area contributed by atoms with Gasteiger partial charge >= 0.3 is 0 Å². The van der Waals surface area contributed by atoms with E-state index in [0.29, 0.717) is 11.6 Å². The molecule has 0 saturated carbocycles. The van der Waals surface area contributed by atoms with Crippen molar-refractivity contribution in [2.24, 2.45) is 4.99 Å². The molecule has 5 nitrogen and oxygen atoms in total. The van der Waals surface area contributed by atoms with Crippen molar-refractivity contribution in [3.63, 3.8) is 0 Å². The first-order valence-corrected chi connectivity index (χ1v) is 10.6. The Kier molecular flexibility index (Phi) is 4.70. The largest absolute Gasteiger partial charge is 0.276 e. The number of rotatable bonds is 1. The zero-order valence-electron chi connectivity index (χ0n) is 16.3. The van der Waals surface area contributed by atoms with Gasteiger partial charge in [0.2, 0.25) is 0 Å². The van der Waals surface area contributed by atoms with Gasteiger partial charge in [-0.2, -0.15) is 0 Å². The summed E-state index contributed by atoms with van der Waals surface area (Å²) in [6, 6.07) is 11.6. The van der Waals surface area contributed by atoms with E-state index in [2.05, 4.69) is 38.5 Å². The third-order valence-electron chi connectivity index (χ3n) is 4.94. The first kappa shape index (κ1) is 18.7. The standard InChI is InChI=1S/C23H16ClN5S/c1-14-19(10-5-16-4-3-11-25-12-16)30-23-21(14)22(17-6-8-18(24)9-7-17)26-13-20-28-27-15(2)29(20)23/h3-4,6-9,11-12H,13H2,1-2H3. The Morgan fingerprint density at radius 1 is 1.07 bits per heavy atom. The van der Waals surface area contributed by atoms with E-state index in [1.54, 1.807) is 23.7 Å². The number of halogens is 1. The van der Waals surface area contributed by atoms with Gasteiger partial charge in [-0.3, -0.25) is 14.5 Å². The third kappa shape index (κ3) is 3.22. The van der Waals surface area contributed by atoms with Crippen LogP contribution in [-0.4, -0.2) is 25.5 Å². The molecule has 0 aliphatic carbocycles. The molecule has 30 heavy (non-hydrogen) atoms. The third-order valence-corrected chi connectivity index (χ3v) is 6.38. The number of hydrogen-bond acceptors (Lipinski definition) is 5. The van der Waals surface area contributed by atoms with Gasteiger partial charge in [-0.1, -0.05) is 35.6 Å². The second kappa shape index (κ2) is 7.52. The maximum atomic E-state index is 6.11. The van der Waals surface area contributed by atoms with Crippen LogP contribution in [0.1, 0.15) is 38.8 Å². The van der Waals surface area contributed by atoms with Crippen molar-refractivity contribution >= 4 is 28.6 Å². The van der Waals surface area contributed by atoms with Crippen molar-refractivity contribution in [3.05, 3.63) is 92.6 Å². The number of thiophene rings is 1. The van der Waals surface area contributed by atoms with Crippen molar-refractivity contribution in [3.8, 4) is 16.8 Å². The van der Waals surface area contributed by atoms with Gasteiger partial charge in [0.05, 0.1) is 10.6 Å². The molecule has 0 fully saturated rings. The summed E-state index contributed by atoms with van der Waals surface area (Å²) in [5.74, 6) is 8.21. The van der Waals surface area contributed by atoms with Gasteiger partial charge in [-0.25, -0.2) is 0 Å². The normalized spacial score (nSPS) is 12.3. The Hall–Kier alpha value is -3.27. The zero-order chi connectivity index (χ0) is 20.7. The van der Waals surface area contributed by atoms with Gasteiger partial charge in [-0.15, -0.1) is 21.5 Å². The fraction of sp³-hybridized carbons (Fsp3) is 0.130. The van der Waals surface area contributed by atoms with Crippen LogP contribution in [0.25, 0.3) is 5.00 Å². The van der Waals surface area contributed by atoms with E-state index in [1.165, 1.54) is 0 Å². The van der Waals surface area contributed by atoms with Crippen molar-refractivity contribution < 1.29 is 0 Å². The van der Waals surface area contributed by atoms with Crippen molar-refractivity contribution in [1.29, 1.82) is 0 Å². The SMILES string of the molecule is Cc1c(C#Cc2cccnc2)sc2c1C(c1ccc(Cl)cc1)=NCc1nnc(C)n1-2. The molecular formula is C23H16ClN5S. The molecule has 1 aromatic carbocycles. The highest BCUT2D eigenvalue weighted by molar-refractivity contribution is 7.15. The minimum atomic E-state index is 0.469. The molecule has 0 amide bonds. The number of aromatic nitrogens is 4. The fourth-order valence-electron chi connectivity index (χ4n) is 3.46. The van der Waals surface area contributed by atoms with E-state index >= 15 is 0 Å². The van der Waals surface area contributed by atoms with E-state index < -0.39 is 0 Å². The monoisotopic (exact) mass is 429 g/mol. The van der Waals surface area contributed by atoms with E-state index in [4.69, 9.17) is 16.6 Å². The van der Waals surface area contributed by atoms with Gasteiger partial charge < -0.3 is 0 Å². The van der Waals surface area contributed by atoms with Crippen LogP contribution in [0.3, 0.4) is 0 Å². The van der Waals surface area contributed by atoms with Crippen LogP contribution < -0.4 is 0 Å². The Bertz CT molecular complexity index is 1340. The van der Waals surface area contributed by atoms with Crippen LogP contribution >= 0.6 is 22.9 Å². The van der Waals surface area contributed by atoms with Crippen molar-refractivity contribution in [2.75, 3.05) is 0 Å². The Morgan fingerprint density at radius 3 is 2.67 bits per heavy atom. The van der Waals surface area contributed by atoms with Gasteiger partial charge in [0.15, 0.2) is 5.82 Å². The lowest BCUT2D eigenvalue weighted by Crippen LogP contribution is -2.07. The van der Waals surface area contributed by atoms with Crippen LogP contribution in [0, 0.1) is 25.7 Å². The van der Waals surface area contributed by atoms with E-state index in [1.807, 2.05) is 43.3 Å². The maximum absolute atomic E-state index is 6.11. The number of aliphatic imine (C=N–C) groups is 1. The molecule has 3 aromatic heterocycles.